The number of rotatable bonds is 1. The van der Waals surface area contributed by atoms with Crippen LogP contribution in [0.25, 0.3) is 22.2 Å². The quantitative estimate of drug-likeness (QED) is 0.689. The van der Waals surface area contributed by atoms with Crippen LogP contribution >= 0.6 is 0 Å². The van der Waals surface area contributed by atoms with E-state index in [-0.39, 0.29) is 11.2 Å². The summed E-state index contributed by atoms with van der Waals surface area (Å²) in [6.45, 7) is 3.86. The van der Waals surface area contributed by atoms with Gasteiger partial charge in [0.25, 0.3) is 5.56 Å². The highest BCUT2D eigenvalue weighted by molar-refractivity contribution is 5.92. The molecule has 0 aliphatic rings. The smallest absolute Gasteiger partial charge is 0.296 e. The molecule has 0 radical (unpaired) electrons. The number of benzene rings is 1. The molecule has 0 unspecified atom stereocenters. The highest BCUT2D eigenvalue weighted by Gasteiger charge is 2.15. The van der Waals surface area contributed by atoms with Gasteiger partial charge in [0, 0.05) is 25.4 Å². The average Bonchev–Trinajstić information content (AvgIpc) is 2.50. The Hall–Kier alpha value is -2.69. The third kappa shape index (κ3) is 2.06. The van der Waals surface area contributed by atoms with E-state index in [0.717, 1.165) is 21.4 Å². The third-order valence-electron chi connectivity index (χ3n) is 3.87. The van der Waals surface area contributed by atoms with Crippen molar-refractivity contribution in [3.63, 3.8) is 0 Å². The molecule has 0 fully saturated rings. The normalized spacial score (nSPS) is 11.1. The molecular weight excluding hydrogens is 278 g/mol. The van der Waals surface area contributed by atoms with Crippen molar-refractivity contribution in [2.24, 2.45) is 14.1 Å². The first-order chi connectivity index (χ1) is 10.4. The van der Waals surface area contributed by atoms with Crippen molar-refractivity contribution in [1.82, 2.24) is 14.1 Å². The van der Waals surface area contributed by atoms with Crippen LogP contribution in [0.3, 0.4) is 0 Å². The zero-order chi connectivity index (χ0) is 16.0. The molecule has 0 saturated carbocycles. The minimum Gasteiger partial charge on any atom is -0.296 e. The molecule has 3 rings (SSSR count). The average molecular weight is 295 g/mol. The lowest BCUT2D eigenvalue weighted by molar-refractivity contribution is 0.713. The molecule has 0 atom stereocenters. The number of nitrogens with zero attached hydrogens (tertiary/aromatic N) is 3. The van der Waals surface area contributed by atoms with Crippen molar-refractivity contribution >= 4 is 10.9 Å². The van der Waals surface area contributed by atoms with Crippen LogP contribution in [0.2, 0.25) is 0 Å². The van der Waals surface area contributed by atoms with Gasteiger partial charge in [-0.2, -0.15) is 0 Å². The standard InChI is InChI=1S/C17H17N3O2/c1-10-6-5-7-12(8-10)15-14-13(9-11(2)18-15)19(3)17(22)20(4)16(14)21/h5-9H,1-4H3. The molecule has 3 aromatic rings. The van der Waals surface area contributed by atoms with Crippen molar-refractivity contribution in [3.05, 3.63) is 62.4 Å². The zero-order valence-corrected chi connectivity index (χ0v) is 13.0. The maximum atomic E-state index is 12.6. The summed E-state index contributed by atoms with van der Waals surface area (Å²) in [5, 5.41) is 0.473. The van der Waals surface area contributed by atoms with Gasteiger partial charge in [-0.3, -0.25) is 18.9 Å². The Morgan fingerprint density at radius 3 is 2.41 bits per heavy atom. The predicted octanol–water partition coefficient (Wildman–Crippen LogP) is 1.92. The van der Waals surface area contributed by atoms with Gasteiger partial charge in [-0.05, 0) is 26.0 Å². The van der Waals surface area contributed by atoms with E-state index in [1.807, 2.05) is 38.1 Å². The molecule has 0 N–H and O–H groups in total. The fraction of sp³-hybridized carbons (Fsp3) is 0.235. The molecule has 0 aliphatic carbocycles. The molecule has 2 heterocycles. The summed E-state index contributed by atoms with van der Waals surface area (Å²) in [7, 11) is 3.16. The van der Waals surface area contributed by atoms with Crippen molar-refractivity contribution in [3.8, 4) is 11.3 Å². The fourth-order valence-electron chi connectivity index (χ4n) is 2.72. The molecule has 0 amide bonds. The SMILES string of the molecule is Cc1cccc(-c2nc(C)cc3c2c(=O)n(C)c(=O)n3C)c1. The van der Waals surface area contributed by atoms with E-state index in [0.29, 0.717) is 16.6 Å². The molecule has 0 bridgehead atoms. The number of aromatic nitrogens is 3. The van der Waals surface area contributed by atoms with Gasteiger partial charge >= 0.3 is 5.69 Å². The molecular formula is C17H17N3O2. The van der Waals surface area contributed by atoms with Gasteiger partial charge in [0.2, 0.25) is 0 Å². The summed E-state index contributed by atoms with van der Waals surface area (Å²) in [5.41, 5.74) is 3.32. The minimum absolute atomic E-state index is 0.317. The molecule has 2 aromatic heterocycles. The van der Waals surface area contributed by atoms with Crippen LogP contribution < -0.4 is 11.2 Å². The number of hydrogen-bond acceptors (Lipinski definition) is 3. The first-order valence-electron chi connectivity index (χ1n) is 7.04. The van der Waals surface area contributed by atoms with E-state index in [1.165, 1.54) is 11.6 Å². The Kier molecular flexibility index (Phi) is 3.20. The van der Waals surface area contributed by atoms with E-state index in [9.17, 15) is 9.59 Å². The second-order valence-electron chi connectivity index (χ2n) is 5.58. The zero-order valence-electron chi connectivity index (χ0n) is 13.0. The van der Waals surface area contributed by atoms with Crippen molar-refractivity contribution in [2.75, 3.05) is 0 Å². The van der Waals surface area contributed by atoms with Gasteiger partial charge in [-0.25, -0.2) is 4.79 Å². The van der Waals surface area contributed by atoms with E-state index < -0.39 is 0 Å². The number of aryl methyl sites for hydroxylation is 3. The molecule has 5 nitrogen and oxygen atoms in total. The molecule has 22 heavy (non-hydrogen) atoms. The Morgan fingerprint density at radius 2 is 1.73 bits per heavy atom. The van der Waals surface area contributed by atoms with Gasteiger partial charge in [0.1, 0.15) is 0 Å². The molecule has 0 aliphatic heterocycles. The van der Waals surface area contributed by atoms with Crippen LogP contribution in [-0.4, -0.2) is 14.1 Å². The van der Waals surface area contributed by atoms with E-state index in [1.54, 1.807) is 13.1 Å². The summed E-state index contributed by atoms with van der Waals surface area (Å²) in [6, 6.07) is 9.63. The number of hydrogen-bond donors (Lipinski definition) is 0. The molecule has 0 saturated heterocycles. The Bertz CT molecular complexity index is 1010. The molecule has 1 aromatic carbocycles. The molecule has 5 heteroatoms. The van der Waals surface area contributed by atoms with Crippen molar-refractivity contribution in [1.29, 1.82) is 0 Å². The second kappa shape index (κ2) is 4.94. The molecule has 112 valence electrons. The Labute approximate surface area is 127 Å². The summed E-state index contributed by atoms with van der Waals surface area (Å²) in [6.07, 6.45) is 0. The van der Waals surface area contributed by atoms with E-state index in [2.05, 4.69) is 4.98 Å². The van der Waals surface area contributed by atoms with E-state index in [4.69, 9.17) is 0 Å². The predicted molar refractivity (Wildman–Crippen MR) is 87.1 cm³/mol. The van der Waals surface area contributed by atoms with Crippen molar-refractivity contribution < 1.29 is 0 Å². The van der Waals surface area contributed by atoms with Crippen LogP contribution in [0.5, 0.6) is 0 Å². The lowest BCUT2D eigenvalue weighted by Crippen LogP contribution is -2.37. The van der Waals surface area contributed by atoms with Gasteiger partial charge < -0.3 is 0 Å². The summed E-state index contributed by atoms with van der Waals surface area (Å²) in [4.78, 5) is 29.3. The van der Waals surface area contributed by atoms with Gasteiger partial charge in [0.15, 0.2) is 0 Å². The summed E-state index contributed by atoms with van der Waals surface area (Å²) in [5.74, 6) is 0. The second-order valence-corrected chi connectivity index (χ2v) is 5.58. The van der Waals surface area contributed by atoms with Crippen molar-refractivity contribution in [2.45, 2.75) is 13.8 Å². The third-order valence-corrected chi connectivity index (χ3v) is 3.87. The van der Waals surface area contributed by atoms with Crippen LogP contribution in [0.4, 0.5) is 0 Å². The first kappa shape index (κ1) is 14.3. The molecule has 0 spiro atoms. The summed E-state index contributed by atoms with van der Waals surface area (Å²) >= 11 is 0. The van der Waals surface area contributed by atoms with Gasteiger partial charge in [-0.1, -0.05) is 23.8 Å². The van der Waals surface area contributed by atoms with Crippen LogP contribution in [0, 0.1) is 13.8 Å². The van der Waals surface area contributed by atoms with Gasteiger partial charge in [0.05, 0.1) is 16.6 Å². The van der Waals surface area contributed by atoms with E-state index >= 15 is 0 Å². The number of fused-ring (bicyclic) bond motifs is 1. The lowest BCUT2D eigenvalue weighted by Gasteiger charge is -2.12. The minimum atomic E-state index is -0.335. The maximum Gasteiger partial charge on any atom is 0.330 e. The largest absolute Gasteiger partial charge is 0.330 e. The first-order valence-corrected chi connectivity index (χ1v) is 7.04. The van der Waals surface area contributed by atoms with Crippen LogP contribution in [0.15, 0.2) is 39.9 Å². The number of pyridine rings is 1. The fourth-order valence-corrected chi connectivity index (χ4v) is 2.72. The maximum absolute atomic E-state index is 12.6. The Balaban J connectivity index is 2.56. The van der Waals surface area contributed by atoms with Crippen LogP contribution in [-0.2, 0) is 14.1 Å². The van der Waals surface area contributed by atoms with Gasteiger partial charge in [-0.15, -0.1) is 0 Å². The highest BCUT2D eigenvalue weighted by Crippen LogP contribution is 2.25. The van der Waals surface area contributed by atoms with Crippen LogP contribution in [0.1, 0.15) is 11.3 Å². The summed E-state index contributed by atoms with van der Waals surface area (Å²) < 4.78 is 2.61. The monoisotopic (exact) mass is 295 g/mol. The Morgan fingerprint density at radius 1 is 1.00 bits per heavy atom. The lowest BCUT2D eigenvalue weighted by atomic mass is 10.0. The topological polar surface area (TPSA) is 56.9 Å². The highest BCUT2D eigenvalue weighted by atomic mass is 16.2.